The summed E-state index contributed by atoms with van der Waals surface area (Å²) in [6.45, 7) is 20.7. The Morgan fingerprint density at radius 1 is 0.762 bits per heavy atom. The molecule has 0 saturated heterocycles. The van der Waals surface area contributed by atoms with E-state index in [9.17, 15) is 0 Å². The first-order chi connectivity index (χ1) is 9.33. The van der Waals surface area contributed by atoms with Crippen molar-refractivity contribution in [3.8, 4) is 0 Å². The van der Waals surface area contributed by atoms with Crippen molar-refractivity contribution in [1.29, 1.82) is 0 Å². The van der Waals surface area contributed by atoms with Crippen molar-refractivity contribution >= 4 is 10.9 Å². The van der Waals surface area contributed by atoms with Crippen LogP contribution in [0.5, 0.6) is 0 Å². The topological polar surface area (TPSA) is 4.93 Å². The Hall–Kier alpha value is -1.24. The number of nitrogens with zero attached hydrogens (tertiary/aromatic N) is 1. The van der Waals surface area contributed by atoms with Gasteiger partial charge in [-0.05, 0) is 37.8 Å². The summed E-state index contributed by atoms with van der Waals surface area (Å²) >= 11 is 0. The van der Waals surface area contributed by atoms with Crippen LogP contribution >= 0.6 is 0 Å². The summed E-state index contributed by atoms with van der Waals surface area (Å²) in [4.78, 5) is 0. The molecule has 0 N–H and O–H groups in total. The molecule has 0 saturated carbocycles. The summed E-state index contributed by atoms with van der Waals surface area (Å²) < 4.78 is 2.56. The van der Waals surface area contributed by atoms with Crippen LogP contribution in [-0.2, 0) is 16.4 Å². The van der Waals surface area contributed by atoms with Gasteiger partial charge in [0.25, 0.3) is 0 Å². The molecule has 2 rings (SSSR count). The third-order valence-corrected chi connectivity index (χ3v) is 4.07. The van der Waals surface area contributed by atoms with E-state index in [-0.39, 0.29) is 16.4 Å². The van der Waals surface area contributed by atoms with Gasteiger partial charge in [-0.25, -0.2) is 0 Å². The SMILES string of the molecule is CC(C)(C)c1cccc2cc(C(C)(C)C)n(C(C)(C)C)c12. The number of hydrogen-bond acceptors (Lipinski definition) is 0. The summed E-state index contributed by atoms with van der Waals surface area (Å²) in [6, 6.07) is 9.12. The van der Waals surface area contributed by atoms with Gasteiger partial charge in [-0.3, -0.25) is 0 Å². The van der Waals surface area contributed by atoms with Crippen molar-refractivity contribution < 1.29 is 0 Å². The molecule has 0 amide bonds. The number of fused-ring (bicyclic) bond motifs is 1. The van der Waals surface area contributed by atoms with Gasteiger partial charge in [0.05, 0.1) is 5.52 Å². The monoisotopic (exact) mass is 285 g/mol. The van der Waals surface area contributed by atoms with E-state index in [2.05, 4.69) is 91.1 Å². The van der Waals surface area contributed by atoms with Gasteiger partial charge in [-0.1, -0.05) is 59.7 Å². The minimum absolute atomic E-state index is 0.0751. The Labute approximate surface area is 130 Å². The van der Waals surface area contributed by atoms with Crippen LogP contribution in [0.3, 0.4) is 0 Å². The van der Waals surface area contributed by atoms with E-state index < -0.39 is 0 Å². The second-order valence-electron chi connectivity index (χ2n) is 9.28. The molecule has 0 aliphatic rings. The van der Waals surface area contributed by atoms with Crippen LogP contribution in [0.25, 0.3) is 10.9 Å². The lowest BCUT2D eigenvalue weighted by molar-refractivity contribution is 0.370. The Balaban J connectivity index is 2.98. The van der Waals surface area contributed by atoms with Gasteiger partial charge in [0.15, 0.2) is 0 Å². The van der Waals surface area contributed by atoms with Crippen molar-refractivity contribution in [2.75, 3.05) is 0 Å². The highest BCUT2D eigenvalue weighted by atomic mass is 15.1. The first-order valence-corrected chi connectivity index (χ1v) is 7.99. The predicted molar refractivity (Wildman–Crippen MR) is 94.3 cm³/mol. The smallest absolute Gasteiger partial charge is 0.0525 e. The van der Waals surface area contributed by atoms with Crippen LogP contribution in [-0.4, -0.2) is 4.57 Å². The number of hydrogen-bond donors (Lipinski definition) is 0. The highest BCUT2D eigenvalue weighted by Crippen LogP contribution is 2.39. The van der Waals surface area contributed by atoms with Crippen molar-refractivity contribution in [3.05, 3.63) is 35.5 Å². The Morgan fingerprint density at radius 2 is 1.33 bits per heavy atom. The average Bonchev–Trinajstić information content (AvgIpc) is 2.65. The molecule has 21 heavy (non-hydrogen) atoms. The maximum absolute atomic E-state index is 2.56. The highest BCUT2D eigenvalue weighted by molar-refractivity contribution is 5.86. The van der Waals surface area contributed by atoms with E-state index in [0.717, 1.165) is 0 Å². The number of rotatable bonds is 0. The quantitative estimate of drug-likeness (QED) is 0.560. The molecule has 2 aromatic rings. The zero-order valence-corrected chi connectivity index (χ0v) is 15.3. The lowest BCUT2D eigenvalue weighted by Crippen LogP contribution is -2.29. The van der Waals surface area contributed by atoms with E-state index >= 15 is 0 Å². The molecule has 0 spiro atoms. The number of para-hydroxylation sites is 1. The molecule has 1 aromatic carbocycles. The molecular weight excluding hydrogens is 254 g/mol. The second kappa shape index (κ2) is 4.63. The van der Waals surface area contributed by atoms with Crippen molar-refractivity contribution in [2.24, 2.45) is 0 Å². The Kier molecular flexibility index (Phi) is 3.56. The number of benzene rings is 1. The fourth-order valence-electron chi connectivity index (χ4n) is 3.11. The molecule has 0 radical (unpaired) electrons. The van der Waals surface area contributed by atoms with Crippen LogP contribution in [0.2, 0.25) is 0 Å². The molecule has 1 aromatic heterocycles. The van der Waals surface area contributed by atoms with E-state index in [1.165, 1.54) is 22.2 Å². The lowest BCUT2D eigenvalue weighted by Gasteiger charge is -2.33. The molecule has 0 aliphatic carbocycles. The summed E-state index contributed by atoms with van der Waals surface area (Å²) in [6.07, 6.45) is 0. The minimum Gasteiger partial charge on any atom is -0.339 e. The highest BCUT2D eigenvalue weighted by Gasteiger charge is 2.29. The fraction of sp³-hybridized carbons (Fsp3) is 0.600. The summed E-state index contributed by atoms with van der Waals surface area (Å²) in [7, 11) is 0. The van der Waals surface area contributed by atoms with E-state index in [1.54, 1.807) is 0 Å². The first-order valence-electron chi connectivity index (χ1n) is 7.99. The van der Waals surface area contributed by atoms with E-state index in [1.807, 2.05) is 0 Å². The predicted octanol–water partition coefficient (Wildman–Crippen LogP) is 5.99. The van der Waals surface area contributed by atoms with Crippen LogP contribution in [0, 0.1) is 0 Å². The zero-order chi connectivity index (χ0) is 16.2. The zero-order valence-electron chi connectivity index (χ0n) is 15.3. The van der Waals surface area contributed by atoms with Crippen LogP contribution in [0.1, 0.15) is 73.6 Å². The summed E-state index contributed by atoms with van der Waals surface area (Å²) in [5, 5.41) is 1.36. The molecule has 1 nitrogen and oxygen atoms in total. The molecule has 1 heteroatoms. The Morgan fingerprint density at radius 3 is 1.76 bits per heavy atom. The van der Waals surface area contributed by atoms with Crippen molar-refractivity contribution in [1.82, 2.24) is 4.57 Å². The summed E-state index contributed by atoms with van der Waals surface area (Å²) in [5.41, 5.74) is 4.62. The average molecular weight is 285 g/mol. The Bertz CT molecular complexity index is 652. The van der Waals surface area contributed by atoms with E-state index in [0.29, 0.717) is 0 Å². The molecule has 1 heterocycles. The molecular formula is C20H31N. The van der Waals surface area contributed by atoms with Gasteiger partial charge < -0.3 is 4.57 Å². The van der Waals surface area contributed by atoms with Crippen molar-refractivity contribution in [3.63, 3.8) is 0 Å². The number of aromatic nitrogens is 1. The molecule has 0 fully saturated rings. The van der Waals surface area contributed by atoms with Gasteiger partial charge in [0, 0.05) is 22.0 Å². The van der Waals surface area contributed by atoms with Crippen LogP contribution in [0.15, 0.2) is 24.3 Å². The van der Waals surface area contributed by atoms with Gasteiger partial charge in [-0.2, -0.15) is 0 Å². The molecule has 116 valence electrons. The molecule has 0 unspecified atom stereocenters. The standard InChI is InChI=1S/C20H31N/c1-18(2,3)15-12-10-11-14-13-16(19(4,5)6)21(17(14)15)20(7,8)9/h10-13H,1-9H3. The van der Waals surface area contributed by atoms with E-state index in [4.69, 9.17) is 0 Å². The largest absolute Gasteiger partial charge is 0.339 e. The molecule has 0 aliphatic heterocycles. The van der Waals surface area contributed by atoms with Gasteiger partial charge in [-0.15, -0.1) is 0 Å². The fourth-order valence-corrected chi connectivity index (χ4v) is 3.11. The second-order valence-corrected chi connectivity index (χ2v) is 9.28. The third-order valence-electron chi connectivity index (χ3n) is 4.07. The first kappa shape index (κ1) is 16.1. The molecule has 0 atom stereocenters. The van der Waals surface area contributed by atoms with Crippen LogP contribution < -0.4 is 0 Å². The maximum Gasteiger partial charge on any atom is 0.0525 e. The minimum atomic E-state index is 0.0751. The third kappa shape index (κ3) is 2.88. The summed E-state index contributed by atoms with van der Waals surface area (Å²) in [5.74, 6) is 0. The lowest BCUT2D eigenvalue weighted by atomic mass is 9.85. The van der Waals surface area contributed by atoms with Crippen LogP contribution in [0.4, 0.5) is 0 Å². The van der Waals surface area contributed by atoms with Gasteiger partial charge in [0.2, 0.25) is 0 Å². The molecule has 0 bridgehead atoms. The van der Waals surface area contributed by atoms with Gasteiger partial charge in [0.1, 0.15) is 0 Å². The normalized spacial score (nSPS) is 14.0. The maximum atomic E-state index is 2.56. The van der Waals surface area contributed by atoms with Crippen molar-refractivity contribution in [2.45, 2.75) is 78.7 Å². The van der Waals surface area contributed by atoms with Gasteiger partial charge >= 0.3 is 0 Å².